The molecule has 1 aliphatic carbocycles. The van der Waals surface area contributed by atoms with Crippen molar-refractivity contribution in [2.75, 3.05) is 27.9 Å². The summed E-state index contributed by atoms with van der Waals surface area (Å²) in [7, 11) is 4.56. The number of carbonyl (C=O) groups excluding carboxylic acids is 7. The van der Waals surface area contributed by atoms with Crippen LogP contribution in [0.5, 0.6) is 0 Å². The Hall–Kier alpha value is -4.13. The van der Waals surface area contributed by atoms with Gasteiger partial charge in [-0.25, -0.2) is 14.4 Å². The molecule has 6 rings (SSSR count). The molecule has 0 unspecified atom stereocenters. The Bertz CT molecular complexity index is 2710. The van der Waals surface area contributed by atoms with Crippen LogP contribution < -0.4 is 43.1 Å². The second-order valence-corrected chi connectivity index (χ2v) is 25.2. The molecular weight excluding hydrogens is 1260 g/mol. The van der Waals surface area contributed by atoms with Crippen molar-refractivity contribution in [1.29, 1.82) is 0 Å². The van der Waals surface area contributed by atoms with Gasteiger partial charge in [0.1, 0.15) is 24.0 Å². The number of carbonyl (C=O) groups is 7. The van der Waals surface area contributed by atoms with Crippen molar-refractivity contribution < 1.29 is 115 Å². The molecule has 1 N–H and O–H groups in total. The van der Waals surface area contributed by atoms with Crippen LogP contribution in [-0.2, 0) is 79.8 Å². The van der Waals surface area contributed by atoms with Gasteiger partial charge in [0.25, 0.3) is 11.7 Å². The Morgan fingerprint density at radius 1 is 0.765 bits per heavy atom. The normalized spacial score (nSPS) is 33.3. The number of nitrogens with zero attached hydrogens (tertiary/aromatic N) is 3. The Morgan fingerprint density at radius 2 is 1.42 bits per heavy atom. The molecule has 4 aliphatic rings. The number of ketones is 3. The molecule has 2 bridgehead atoms. The first-order valence-corrected chi connectivity index (χ1v) is 31.4. The number of halogens is 2. The fourth-order valence-corrected chi connectivity index (χ4v) is 13.6. The van der Waals surface area contributed by atoms with E-state index in [-0.39, 0.29) is 102 Å². The molecule has 3 aliphatic heterocycles. The first-order chi connectivity index (χ1) is 39.5. The fraction of sp³-hybridized carbons (Fsp3) is 0.667. The standard InChI is InChI=1S/C63H91N3O15S2.2BrH/c1-38-18-14-13-15-19-39(2)52(75-10)30-48-23-21-44(7)63(74,81-48)60(71)61(72)66-25-17-16-20-49(66)62(73)79-53(41(4)28-47-22-24-51(54(29-47)76-11)78-55(68)32-64-36-82-34-45(64)8)31-50(67)40(3)27-43(6)58(59(77-12)57(70)42(5)26-38)80-56(69)33-65-37-83-35-46(65)9;;/h13-15,18-19,27,34-38,40-42,44,47-49,51-54,58-59,74H,16-17,20-26,28-33H2,1-12H3;2*1H/q+2;;/p-2/b15-13+,18-14+,39-19+,43-27+;;/t38-,40-,41-,42-,44-,47+,48+,49+,51-,52+,53+,54-,58-,59+,63-;;/m1../s1. The largest absolute Gasteiger partial charge is 1.00 e. The average molecular weight is 1350 g/mol. The van der Waals surface area contributed by atoms with Crippen LogP contribution in [0.15, 0.2) is 69.4 Å². The van der Waals surface area contributed by atoms with Crippen LogP contribution in [0.1, 0.15) is 137 Å². The van der Waals surface area contributed by atoms with Gasteiger partial charge < -0.3 is 77.1 Å². The minimum absolute atomic E-state index is 0. The van der Waals surface area contributed by atoms with E-state index in [4.69, 9.17) is 33.2 Å². The minimum Gasteiger partial charge on any atom is -1.00 e. The number of hydrogen-bond acceptors (Lipinski definition) is 17. The number of cyclic esters (lactones) is 1. The van der Waals surface area contributed by atoms with Crippen LogP contribution in [0.2, 0.25) is 0 Å². The van der Waals surface area contributed by atoms with Gasteiger partial charge in [-0.3, -0.25) is 19.2 Å². The molecule has 1 saturated carbocycles. The van der Waals surface area contributed by atoms with Crippen molar-refractivity contribution in [1.82, 2.24) is 4.90 Å². The zero-order valence-electron chi connectivity index (χ0n) is 51.5. The Kier molecular flexibility index (Phi) is 29.8. The van der Waals surface area contributed by atoms with Gasteiger partial charge in [-0.15, -0.1) is 0 Å². The molecule has 15 atom stereocenters. The van der Waals surface area contributed by atoms with E-state index in [9.17, 15) is 38.7 Å². The maximum absolute atomic E-state index is 14.8. The quantitative estimate of drug-likeness (QED) is 0.106. The number of piperidine rings is 1. The lowest BCUT2D eigenvalue weighted by Gasteiger charge is -2.42. The van der Waals surface area contributed by atoms with Crippen molar-refractivity contribution in [3.8, 4) is 0 Å². The van der Waals surface area contributed by atoms with E-state index < -0.39 is 102 Å². The highest BCUT2D eigenvalue weighted by Crippen LogP contribution is 2.38. The molecule has 474 valence electrons. The third kappa shape index (κ3) is 19.9. The van der Waals surface area contributed by atoms with E-state index in [1.807, 2.05) is 92.8 Å². The lowest BCUT2D eigenvalue weighted by atomic mass is 9.78. The number of aromatic nitrogens is 2. The number of methoxy groups -OCH3 is 3. The molecule has 2 aromatic rings. The molecule has 1 amide bonds. The van der Waals surface area contributed by atoms with Crippen LogP contribution >= 0.6 is 22.7 Å². The number of thiazole rings is 2. The van der Waals surface area contributed by atoms with E-state index in [1.165, 1.54) is 34.7 Å². The number of aliphatic hydroxyl groups is 1. The smallest absolute Gasteiger partial charge is 0.373 e. The number of amides is 1. The van der Waals surface area contributed by atoms with Gasteiger partial charge >= 0.3 is 17.9 Å². The maximum Gasteiger partial charge on any atom is 0.373 e. The SMILES string of the molecule is CO[C@H]1C[C@@H]2CC[C@@H](C)[C@@](O)(O2)C(=O)C(=O)N2CCCC[C@H]2C(=O)O[C@H]([C@H](C)C[C@@H]2CC[C@@H](OC(=O)C[n+]3cscc3C)[C@H](OC)C2)CC(=O)[C@H](C)/C=C(\C)[C@@H](OC(=O)C[n+]2cscc2C)[C@@H](OC)C(=O)[C@H](C)C[C@H](C)/C=C/C=C/C=C/1C.[Br-].[Br-]. The summed E-state index contributed by atoms with van der Waals surface area (Å²) in [5, 5.41) is 16.0. The van der Waals surface area contributed by atoms with Gasteiger partial charge in [0.15, 0.2) is 29.4 Å². The number of ether oxygens (including phenoxy) is 7. The Balaban J connectivity index is 0.00000774. The summed E-state index contributed by atoms with van der Waals surface area (Å²) in [6.45, 7) is 16.5. The van der Waals surface area contributed by atoms with E-state index in [0.717, 1.165) is 17.0 Å². The van der Waals surface area contributed by atoms with Crippen LogP contribution in [-0.4, -0.2) is 134 Å². The van der Waals surface area contributed by atoms with Crippen LogP contribution in [0.25, 0.3) is 0 Å². The van der Waals surface area contributed by atoms with E-state index in [1.54, 1.807) is 51.1 Å². The topological polar surface area (TPSA) is 215 Å². The van der Waals surface area contributed by atoms with Gasteiger partial charge in [0.2, 0.25) is 29.9 Å². The molecule has 5 heterocycles. The van der Waals surface area contributed by atoms with Gasteiger partial charge in [0, 0.05) is 72.3 Å². The average Bonchev–Trinajstić information content (AvgIpc) is 2.59. The van der Waals surface area contributed by atoms with E-state index in [0.29, 0.717) is 63.4 Å². The maximum atomic E-state index is 14.8. The summed E-state index contributed by atoms with van der Waals surface area (Å²) in [4.78, 5) is 101. The fourth-order valence-electron chi connectivity index (χ4n) is 12.1. The molecule has 0 radical (unpaired) electrons. The van der Waals surface area contributed by atoms with Gasteiger partial charge in [0.05, 0.1) is 29.1 Å². The van der Waals surface area contributed by atoms with E-state index in [2.05, 4.69) is 0 Å². The minimum atomic E-state index is -2.47. The molecule has 2 saturated heterocycles. The molecule has 22 heteroatoms. The lowest BCUT2D eigenvalue weighted by molar-refractivity contribution is -0.687. The predicted molar refractivity (Wildman–Crippen MR) is 311 cm³/mol. The summed E-state index contributed by atoms with van der Waals surface area (Å²) >= 11 is 2.93. The van der Waals surface area contributed by atoms with Crippen molar-refractivity contribution in [2.24, 2.45) is 35.5 Å². The van der Waals surface area contributed by atoms with E-state index >= 15 is 0 Å². The zero-order valence-corrected chi connectivity index (χ0v) is 56.3. The van der Waals surface area contributed by atoms with Crippen LogP contribution in [0.3, 0.4) is 0 Å². The number of fused-ring (bicyclic) bond motifs is 3. The summed E-state index contributed by atoms with van der Waals surface area (Å²) in [5.41, 5.74) is 6.75. The monoisotopic (exact) mass is 1350 g/mol. The highest BCUT2D eigenvalue weighted by Gasteiger charge is 2.53. The first kappa shape index (κ1) is 73.3. The third-order valence-corrected chi connectivity index (χ3v) is 19.0. The number of rotatable bonds is 12. The number of allylic oxidation sites excluding steroid dienone is 6. The second kappa shape index (κ2) is 34.6. The highest BCUT2D eigenvalue weighted by molar-refractivity contribution is 7.07. The number of Topliss-reactive ketones (excluding diaryl/α,β-unsaturated/α-hetero) is 3. The highest BCUT2D eigenvalue weighted by atomic mass is 79.9. The van der Waals surface area contributed by atoms with Crippen LogP contribution in [0.4, 0.5) is 0 Å². The van der Waals surface area contributed by atoms with Crippen LogP contribution in [0, 0.1) is 49.4 Å². The van der Waals surface area contributed by atoms with Gasteiger partial charge in [-0.2, -0.15) is 9.13 Å². The molecule has 18 nitrogen and oxygen atoms in total. The summed E-state index contributed by atoms with van der Waals surface area (Å²) in [5.74, 6) is -9.61. The van der Waals surface area contributed by atoms with Crippen molar-refractivity contribution in [3.05, 3.63) is 80.8 Å². The molecule has 3 fully saturated rings. The Morgan fingerprint density at radius 3 is 2.04 bits per heavy atom. The summed E-state index contributed by atoms with van der Waals surface area (Å²) in [6.07, 6.45) is 10.6. The summed E-state index contributed by atoms with van der Waals surface area (Å²) in [6, 6.07) is -1.20. The van der Waals surface area contributed by atoms with Crippen molar-refractivity contribution >= 4 is 63.8 Å². The first-order valence-electron chi connectivity index (χ1n) is 29.5. The van der Waals surface area contributed by atoms with Crippen molar-refractivity contribution in [3.63, 3.8) is 0 Å². The molecular formula is C63H91Br2N3O15S2. The Labute approximate surface area is 531 Å². The van der Waals surface area contributed by atoms with Gasteiger partial charge in [-0.05, 0) is 107 Å². The number of hydrogen-bond donors (Lipinski definition) is 1. The molecule has 0 aromatic carbocycles. The third-order valence-electron chi connectivity index (χ3n) is 17.3. The lowest BCUT2D eigenvalue weighted by Crippen LogP contribution is -3.00. The van der Waals surface area contributed by atoms with Gasteiger partial charge in [-0.1, -0.05) is 93.7 Å². The predicted octanol–water partition coefficient (Wildman–Crippen LogP) is 2.01. The molecule has 85 heavy (non-hydrogen) atoms. The zero-order chi connectivity index (χ0) is 60.7. The number of aryl methyl sites for hydroxylation is 2. The summed E-state index contributed by atoms with van der Waals surface area (Å²) < 4.78 is 46.2. The molecule has 0 spiro atoms. The second-order valence-electron chi connectivity index (χ2n) is 23.8. The number of esters is 3. The van der Waals surface area contributed by atoms with Crippen molar-refractivity contribution in [2.45, 2.75) is 207 Å². The molecule has 2 aromatic heterocycles.